The van der Waals surface area contributed by atoms with E-state index in [1.165, 1.54) is 16.8 Å². The van der Waals surface area contributed by atoms with Crippen molar-refractivity contribution in [3.8, 4) is 5.69 Å². The maximum atomic E-state index is 13.2. The Morgan fingerprint density at radius 3 is 2.94 bits per heavy atom. The zero-order valence-electron chi connectivity index (χ0n) is 10.1. The molecule has 0 atom stereocenters. The largest absolute Gasteiger partial charge is 0.296 e. The third-order valence-corrected chi connectivity index (χ3v) is 2.72. The van der Waals surface area contributed by atoms with Gasteiger partial charge in [0.2, 0.25) is 0 Å². The molecule has 5 heteroatoms. The molecule has 18 heavy (non-hydrogen) atoms. The smallest absolute Gasteiger partial charge is 0.172 e. The SMILES string of the molecule is CCCCc1c(C=O)nnn1-c1cccc(F)c1. The molecule has 94 valence electrons. The fourth-order valence-corrected chi connectivity index (χ4v) is 1.80. The van der Waals surface area contributed by atoms with Crippen LogP contribution in [0, 0.1) is 5.82 Å². The van der Waals surface area contributed by atoms with Crippen LogP contribution in [0.3, 0.4) is 0 Å². The fraction of sp³-hybridized carbons (Fsp3) is 0.308. The molecule has 0 N–H and O–H groups in total. The molecule has 0 bridgehead atoms. The maximum absolute atomic E-state index is 13.2. The number of hydrogen-bond acceptors (Lipinski definition) is 3. The van der Waals surface area contributed by atoms with Crippen molar-refractivity contribution in [2.45, 2.75) is 26.2 Å². The first kappa shape index (κ1) is 12.4. The van der Waals surface area contributed by atoms with Crippen LogP contribution in [-0.4, -0.2) is 21.3 Å². The van der Waals surface area contributed by atoms with E-state index in [0.717, 1.165) is 18.5 Å². The van der Waals surface area contributed by atoms with Gasteiger partial charge in [0.1, 0.15) is 11.5 Å². The summed E-state index contributed by atoms with van der Waals surface area (Å²) in [5.41, 5.74) is 1.65. The van der Waals surface area contributed by atoms with Gasteiger partial charge in [0, 0.05) is 0 Å². The molecule has 1 aromatic heterocycles. The molecule has 0 radical (unpaired) electrons. The number of rotatable bonds is 5. The third kappa shape index (κ3) is 2.45. The summed E-state index contributed by atoms with van der Waals surface area (Å²) in [6.07, 6.45) is 3.33. The van der Waals surface area contributed by atoms with Gasteiger partial charge in [0.25, 0.3) is 0 Å². The minimum atomic E-state index is -0.336. The van der Waals surface area contributed by atoms with Crippen LogP contribution in [0.1, 0.15) is 35.9 Å². The normalized spacial score (nSPS) is 10.6. The molecule has 2 aromatic rings. The van der Waals surface area contributed by atoms with Crippen LogP contribution >= 0.6 is 0 Å². The molecule has 0 spiro atoms. The van der Waals surface area contributed by atoms with Gasteiger partial charge in [-0.1, -0.05) is 24.6 Å². The average Bonchev–Trinajstić information content (AvgIpc) is 2.79. The Morgan fingerprint density at radius 2 is 2.28 bits per heavy atom. The lowest BCUT2D eigenvalue weighted by Crippen LogP contribution is -2.04. The summed E-state index contributed by atoms with van der Waals surface area (Å²) in [5.74, 6) is -0.336. The van der Waals surface area contributed by atoms with Crippen LogP contribution in [0.2, 0.25) is 0 Å². The first-order valence-electron chi connectivity index (χ1n) is 5.92. The lowest BCUT2D eigenvalue weighted by atomic mass is 10.1. The summed E-state index contributed by atoms with van der Waals surface area (Å²) in [5, 5.41) is 7.74. The van der Waals surface area contributed by atoms with Gasteiger partial charge in [-0.05, 0) is 31.0 Å². The fourth-order valence-electron chi connectivity index (χ4n) is 1.80. The van der Waals surface area contributed by atoms with Gasteiger partial charge in [-0.15, -0.1) is 5.10 Å². The summed E-state index contributed by atoms with van der Waals surface area (Å²) in [7, 11) is 0. The Morgan fingerprint density at radius 1 is 1.44 bits per heavy atom. The first-order valence-corrected chi connectivity index (χ1v) is 5.92. The molecule has 1 aromatic carbocycles. The molecular formula is C13H14FN3O. The molecule has 0 aliphatic heterocycles. The van der Waals surface area contributed by atoms with E-state index in [2.05, 4.69) is 17.2 Å². The summed E-state index contributed by atoms with van der Waals surface area (Å²) in [4.78, 5) is 10.9. The Bertz CT molecular complexity index is 551. The monoisotopic (exact) mass is 247 g/mol. The maximum Gasteiger partial charge on any atom is 0.172 e. The van der Waals surface area contributed by atoms with Gasteiger partial charge in [-0.3, -0.25) is 4.79 Å². The van der Waals surface area contributed by atoms with E-state index in [1.807, 2.05) is 0 Å². The van der Waals surface area contributed by atoms with Crippen molar-refractivity contribution in [1.82, 2.24) is 15.0 Å². The zero-order chi connectivity index (χ0) is 13.0. The minimum absolute atomic E-state index is 0.327. The number of unbranched alkanes of at least 4 members (excludes halogenated alkanes) is 1. The summed E-state index contributed by atoms with van der Waals surface area (Å²) >= 11 is 0. The number of nitrogens with zero attached hydrogens (tertiary/aromatic N) is 3. The molecule has 2 rings (SSSR count). The topological polar surface area (TPSA) is 47.8 Å². The summed E-state index contributed by atoms with van der Waals surface area (Å²) in [6.45, 7) is 2.07. The highest BCUT2D eigenvalue weighted by molar-refractivity contribution is 5.73. The standard InChI is InChI=1S/C13H14FN3O/c1-2-3-7-13-12(9-18)15-16-17(13)11-6-4-5-10(14)8-11/h4-6,8-9H,2-3,7H2,1H3. The highest BCUT2D eigenvalue weighted by Gasteiger charge is 2.13. The third-order valence-electron chi connectivity index (χ3n) is 2.72. The van der Waals surface area contributed by atoms with Crippen molar-refractivity contribution in [3.05, 3.63) is 41.5 Å². The molecule has 0 aliphatic carbocycles. The molecule has 0 saturated heterocycles. The van der Waals surface area contributed by atoms with Gasteiger partial charge >= 0.3 is 0 Å². The zero-order valence-corrected chi connectivity index (χ0v) is 10.1. The molecule has 0 unspecified atom stereocenters. The van der Waals surface area contributed by atoms with Crippen molar-refractivity contribution in [3.63, 3.8) is 0 Å². The van der Waals surface area contributed by atoms with Crippen molar-refractivity contribution in [1.29, 1.82) is 0 Å². The number of hydrogen-bond donors (Lipinski definition) is 0. The van der Waals surface area contributed by atoms with Gasteiger partial charge in [0.05, 0.1) is 11.4 Å². The number of benzene rings is 1. The highest BCUT2D eigenvalue weighted by atomic mass is 19.1. The molecule has 1 heterocycles. The van der Waals surface area contributed by atoms with Crippen LogP contribution < -0.4 is 0 Å². The van der Waals surface area contributed by atoms with E-state index in [4.69, 9.17) is 0 Å². The summed E-state index contributed by atoms with van der Waals surface area (Å²) in [6, 6.07) is 6.09. The van der Waals surface area contributed by atoms with Crippen LogP contribution in [0.15, 0.2) is 24.3 Å². The molecule has 0 fully saturated rings. The van der Waals surface area contributed by atoms with Crippen molar-refractivity contribution >= 4 is 6.29 Å². The van der Waals surface area contributed by atoms with Crippen LogP contribution in [0.25, 0.3) is 5.69 Å². The van der Waals surface area contributed by atoms with Gasteiger partial charge in [-0.2, -0.15) is 0 Å². The second kappa shape index (κ2) is 5.53. The van der Waals surface area contributed by atoms with E-state index < -0.39 is 0 Å². The number of carbonyl (C=O) groups excluding carboxylic acids is 1. The number of carbonyl (C=O) groups is 1. The minimum Gasteiger partial charge on any atom is -0.296 e. The lowest BCUT2D eigenvalue weighted by Gasteiger charge is -2.06. The van der Waals surface area contributed by atoms with Gasteiger partial charge < -0.3 is 0 Å². The van der Waals surface area contributed by atoms with E-state index in [-0.39, 0.29) is 5.82 Å². The van der Waals surface area contributed by atoms with Crippen molar-refractivity contribution < 1.29 is 9.18 Å². The van der Waals surface area contributed by atoms with E-state index >= 15 is 0 Å². The highest BCUT2D eigenvalue weighted by Crippen LogP contribution is 2.15. The molecule has 4 nitrogen and oxygen atoms in total. The molecule has 0 amide bonds. The van der Waals surface area contributed by atoms with Crippen LogP contribution in [-0.2, 0) is 6.42 Å². The first-order chi connectivity index (χ1) is 8.76. The molecular weight excluding hydrogens is 233 g/mol. The van der Waals surface area contributed by atoms with Crippen molar-refractivity contribution in [2.75, 3.05) is 0 Å². The molecule has 0 saturated carbocycles. The predicted molar refractivity (Wildman–Crippen MR) is 65.3 cm³/mol. The number of aromatic nitrogens is 3. The Hall–Kier alpha value is -2.04. The Balaban J connectivity index is 2.43. The average molecular weight is 247 g/mol. The second-order valence-corrected chi connectivity index (χ2v) is 4.03. The number of aldehydes is 1. The second-order valence-electron chi connectivity index (χ2n) is 4.03. The summed E-state index contributed by atoms with van der Waals surface area (Å²) < 4.78 is 14.7. The Labute approximate surface area is 104 Å². The predicted octanol–water partition coefficient (Wildman–Crippen LogP) is 2.56. The van der Waals surface area contributed by atoms with Crippen LogP contribution in [0.4, 0.5) is 4.39 Å². The van der Waals surface area contributed by atoms with Crippen molar-refractivity contribution in [2.24, 2.45) is 0 Å². The van der Waals surface area contributed by atoms with E-state index in [9.17, 15) is 9.18 Å². The Kier molecular flexibility index (Phi) is 3.82. The lowest BCUT2D eigenvalue weighted by molar-refractivity contribution is 0.111. The molecule has 0 aliphatic rings. The van der Waals surface area contributed by atoms with Gasteiger partial charge in [-0.25, -0.2) is 9.07 Å². The van der Waals surface area contributed by atoms with Crippen LogP contribution in [0.5, 0.6) is 0 Å². The quantitative estimate of drug-likeness (QED) is 0.763. The van der Waals surface area contributed by atoms with E-state index in [0.29, 0.717) is 24.1 Å². The van der Waals surface area contributed by atoms with Gasteiger partial charge in [0.15, 0.2) is 6.29 Å². The van der Waals surface area contributed by atoms with E-state index in [1.54, 1.807) is 12.1 Å². The number of halogens is 1.